The minimum Gasteiger partial charge on any atom is -0.449 e. The lowest BCUT2D eigenvalue weighted by molar-refractivity contribution is 0.468. The predicted molar refractivity (Wildman–Crippen MR) is 47.2 cm³/mol. The fourth-order valence-electron chi connectivity index (χ4n) is 1.06. The SMILES string of the molecule is C#Cc1cccc(C[B-](F)(F)F)c1. The van der Waals surface area contributed by atoms with Crippen LogP contribution in [0.1, 0.15) is 11.1 Å². The second-order valence-corrected chi connectivity index (χ2v) is 2.76. The van der Waals surface area contributed by atoms with Crippen molar-refractivity contribution in [3.8, 4) is 12.3 Å². The van der Waals surface area contributed by atoms with Crippen molar-refractivity contribution in [3.63, 3.8) is 0 Å². The smallest absolute Gasteiger partial charge is 0.449 e. The van der Waals surface area contributed by atoms with E-state index in [0.29, 0.717) is 5.56 Å². The molecule has 0 nitrogen and oxygen atoms in total. The zero-order chi connectivity index (χ0) is 9.90. The van der Waals surface area contributed by atoms with Crippen LogP contribution in [0.15, 0.2) is 24.3 Å². The van der Waals surface area contributed by atoms with Gasteiger partial charge in [-0.3, -0.25) is 0 Å². The summed E-state index contributed by atoms with van der Waals surface area (Å²) in [6.45, 7) is -4.77. The van der Waals surface area contributed by atoms with Crippen LogP contribution in [0, 0.1) is 12.3 Å². The molecule has 0 aliphatic carbocycles. The van der Waals surface area contributed by atoms with Gasteiger partial charge in [-0.2, -0.15) is 0 Å². The van der Waals surface area contributed by atoms with E-state index in [9.17, 15) is 12.9 Å². The van der Waals surface area contributed by atoms with Crippen LogP contribution in [0.3, 0.4) is 0 Å². The van der Waals surface area contributed by atoms with Crippen molar-refractivity contribution in [3.05, 3.63) is 35.4 Å². The molecule has 1 aromatic rings. The molecule has 0 spiro atoms. The van der Waals surface area contributed by atoms with E-state index >= 15 is 0 Å². The molecule has 0 bridgehead atoms. The first-order chi connectivity index (χ1) is 6.01. The Bertz CT molecular complexity index is 335. The highest BCUT2D eigenvalue weighted by molar-refractivity contribution is 6.57. The second kappa shape index (κ2) is 3.57. The molecule has 13 heavy (non-hydrogen) atoms. The van der Waals surface area contributed by atoms with Crippen molar-refractivity contribution in [2.24, 2.45) is 0 Å². The van der Waals surface area contributed by atoms with Gasteiger partial charge >= 0.3 is 6.98 Å². The van der Waals surface area contributed by atoms with Gasteiger partial charge in [-0.25, -0.2) is 0 Å². The highest BCUT2D eigenvalue weighted by Gasteiger charge is 2.22. The quantitative estimate of drug-likeness (QED) is 0.488. The van der Waals surface area contributed by atoms with Crippen LogP contribution in [0.4, 0.5) is 12.9 Å². The van der Waals surface area contributed by atoms with Crippen LogP contribution >= 0.6 is 0 Å². The average Bonchev–Trinajstić information content (AvgIpc) is 2.01. The van der Waals surface area contributed by atoms with Gasteiger partial charge in [0.1, 0.15) is 0 Å². The third-order valence-corrected chi connectivity index (χ3v) is 1.56. The molecule has 0 aliphatic rings. The fraction of sp³-hybridized carbons (Fsp3) is 0.111. The van der Waals surface area contributed by atoms with Gasteiger partial charge in [0.2, 0.25) is 0 Å². The van der Waals surface area contributed by atoms with Crippen LogP contribution in [-0.2, 0) is 6.32 Å². The maximum Gasteiger partial charge on any atom is 0.482 e. The maximum atomic E-state index is 12.0. The van der Waals surface area contributed by atoms with Crippen LogP contribution in [0.2, 0.25) is 0 Å². The summed E-state index contributed by atoms with van der Waals surface area (Å²) in [5.41, 5.74) is 0.709. The maximum absolute atomic E-state index is 12.0. The van der Waals surface area contributed by atoms with E-state index in [2.05, 4.69) is 5.92 Å². The number of hydrogen-bond donors (Lipinski definition) is 0. The van der Waals surface area contributed by atoms with Crippen molar-refractivity contribution >= 4 is 6.98 Å². The molecule has 1 rings (SSSR count). The topological polar surface area (TPSA) is 0 Å². The summed E-state index contributed by atoms with van der Waals surface area (Å²) in [5, 5.41) is 0. The highest BCUT2D eigenvalue weighted by atomic mass is 19.4. The van der Waals surface area contributed by atoms with Crippen molar-refractivity contribution < 1.29 is 12.9 Å². The van der Waals surface area contributed by atoms with Gasteiger partial charge in [-0.15, -0.1) is 6.42 Å². The average molecular weight is 183 g/mol. The summed E-state index contributed by atoms with van der Waals surface area (Å²) in [5.74, 6) is 2.29. The third-order valence-electron chi connectivity index (χ3n) is 1.56. The van der Waals surface area contributed by atoms with Crippen LogP contribution in [0.5, 0.6) is 0 Å². The van der Waals surface area contributed by atoms with Gasteiger partial charge in [-0.1, -0.05) is 29.9 Å². The summed E-state index contributed by atoms with van der Waals surface area (Å²) in [4.78, 5) is 0. The standard InChI is InChI=1S/C9H7BF3/c1-2-8-4-3-5-9(6-8)7-10(11,12)13/h1,3-6H,7H2/q-1. The third kappa shape index (κ3) is 3.24. The summed E-state index contributed by atoms with van der Waals surface area (Å²) < 4.78 is 36.0. The van der Waals surface area contributed by atoms with Crippen LogP contribution in [0.25, 0.3) is 0 Å². The minimum atomic E-state index is -4.77. The van der Waals surface area contributed by atoms with E-state index in [4.69, 9.17) is 6.42 Å². The van der Waals surface area contributed by atoms with Crippen molar-refractivity contribution in [1.82, 2.24) is 0 Å². The first-order valence-corrected chi connectivity index (χ1v) is 3.78. The summed E-state index contributed by atoms with van der Waals surface area (Å²) in [6, 6.07) is 5.95. The largest absolute Gasteiger partial charge is 0.482 e. The van der Waals surface area contributed by atoms with Crippen molar-refractivity contribution in [2.45, 2.75) is 6.32 Å². The molecular weight excluding hydrogens is 176 g/mol. The molecule has 1 aromatic carbocycles. The molecule has 0 fully saturated rings. The first-order valence-electron chi connectivity index (χ1n) is 3.78. The van der Waals surface area contributed by atoms with Gasteiger partial charge in [0.05, 0.1) is 0 Å². The van der Waals surface area contributed by atoms with Gasteiger partial charge in [-0.05, 0) is 12.1 Å². The van der Waals surface area contributed by atoms with E-state index in [1.54, 1.807) is 6.07 Å². The molecule has 0 radical (unpaired) electrons. The molecule has 0 saturated carbocycles. The molecule has 0 heterocycles. The van der Waals surface area contributed by atoms with Crippen LogP contribution in [-0.4, -0.2) is 6.98 Å². The molecule has 0 unspecified atom stereocenters. The normalized spacial score (nSPS) is 10.9. The molecule has 0 atom stereocenters. The van der Waals surface area contributed by atoms with E-state index in [0.717, 1.165) is 0 Å². The monoisotopic (exact) mass is 183 g/mol. The van der Waals surface area contributed by atoms with E-state index < -0.39 is 13.3 Å². The van der Waals surface area contributed by atoms with Gasteiger partial charge in [0, 0.05) is 5.56 Å². The summed E-state index contributed by atoms with van der Waals surface area (Å²) in [6.07, 6.45) is 4.19. The van der Waals surface area contributed by atoms with Gasteiger partial charge in [0.25, 0.3) is 0 Å². The zero-order valence-corrected chi connectivity index (χ0v) is 6.81. The molecular formula is C9H7BF3-. The predicted octanol–water partition coefficient (Wildman–Crippen LogP) is 2.60. The van der Waals surface area contributed by atoms with Gasteiger partial charge in [0.15, 0.2) is 0 Å². The fourth-order valence-corrected chi connectivity index (χ4v) is 1.06. The van der Waals surface area contributed by atoms with E-state index in [1.807, 2.05) is 0 Å². The Labute approximate surface area is 74.8 Å². The van der Waals surface area contributed by atoms with Crippen molar-refractivity contribution in [1.29, 1.82) is 0 Å². The molecule has 68 valence electrons. The molecule has 0 N–H and O–H groups in total. The molecule has 0 aromatic heterocycles. The Kier molecular flexibility index (Phi) is 2.67. The lowest BCUT2D eigenvalue weighted by Crippen LogP contribution is -2.19. The second-order valence-electron chi connectivity index (χ2n) is 2.76. The lowest BCUT2D eigenvalue weighted by Gasteiger charge is -2.13. The first kappa shape index (κ1) is 9.72. The summed E-state index contributed by atoms with van der Waals surface area (Å²) >= 11 is 0. The molecule has 0 aliphatic heterocycles. The molecule has 0 amide bonds. The number of rotatable bonds is 2. The molecule has 4 heteroatoms. The van der Waals surface area contributed by atoms with Crippen LogP contribution < -0.4 is 0 Å². The Morgan fingerprint density at radius 2 is 2.00 bits per heavy atom. The Morgan fingerprint density at radius 1 is 1.31 bits per heavy atom. The highest BCUT2D eigenvalue weighted by Crippen LogP contribution is 2.16. The van der Waals surface area contributed by atoms with Gasteiger partial charge < -0.3 is 12.9 Å². The summed E-state index contributed by atoms with van der Waals surface area (Å²) in [7, 11) is 0. The number of halogens is 3. The van der Waals surface area contributed by atoms with E-state index in [-0.39, 0.29) is 5.56 Å². The van der Waals surface area contributed by atoms with Crippen molar-refractivity contribution in [2.75, 3.05) is 0 Å². The Hall–Kier alpha value is -1.37. The number of benzene rings is 1. The Morgan fingerprint density at radius 3 is 2.54 bits per heavy atom. The molecule has 0 saturated heterocycles. The lowest BCUT2D eigenvalue weighted by atomic mass is 9.81. The minimum absolute atomic E-state index is 0.225. The Balaban J connectivity index is 2.86. The zero-order valence-electron chi connectivity index (χ0n) is 6.81. The van der Waals surface area contributed by atoms with E-state index in [1.165, 1.54) is 18.2 Å². The number of terminal acetylenes is 1. The number of hydrogen-bond acceptors (Lipinski definition) is 0.